The monoisotopic (exact) mass is 363 g/mol. The Morgan fingerprint density at radius 1 is 1.29 bits per heavy atom. The molecule has 0 bridgehead atoms. The molecule has 5 heteroatoms. The largest absolute Gasteiger partial charge is 0.493 e. The summed E-state index contributed by atoms with van der Waals surface area (Å²) in [6.45, 7) is 2.04. The van der Waals surface area contributed by atoms with Crippen LogP contribution < -0.4 is 9.47 Å². The Morgan fingerprint density at radius 3 is 2.92 bits per heavy atom. The van der Waals surface area contributed by atoms with Gasteiger partial charge in [0.2, 0.25) is 0 Å². The molecule has 2 aliphatic heterocycles. The molecule has 0 spiro atoms. The summed E-state index contributed by atoms with van der Waals surface area (Å²) in [6, 6.07) is 7.11. The summed E-state index contributed by atoms with van der Waals surface area (Å²) in [5.41, 5.74) is 4.19. The van der Waals surface area contributed by atoms with Crippen LogP contribution in [0.2, 0.25) is 0 Å². The molecule has 128 valence electrons. The number of benzene rings is 1. The van der Waals surface area contributed by atoms with Gasteiger partial charge in [0, 0.05) is 40.3 Å². The number of hydrogen-bond donors (Lipinski definition) is 0. The highest BCUT2D eigenvalue weighted by molar-refractivity contribution is 7.12. The molecule has 3 heterocycles. The summed E-state index contributed by atoms with van der Waals surface area (Å²) in [7, 11) is 3.43. The van der Waals surface area contributed by atoms with Gasteiger partial charge in [-0.2, -0.15) is 0 Å². The van der Waals surface area contributed by atoms with Gasteiger partial charge in [-0.15, -0.1) is 22.9 Å². The first-order valence-corrected chi connectivity index (χ1v) is 9.74. The lowest BCUT2D eigenvalue weighted by Gasteiger charge is -2.40. The van der Waals surface area contributed by atoms with E-state index in [2.05, 4.69) is 17.0 Å². The third-order valence-electron chi connectivity index (χ3n) is 5.18. The van der Waals surface area contributed by atoms with Crippen molar-refractivity contribution in [3.63, 3.8) is 0 Å². The molecule has 1 atom stereocenters. The molecule has 0 N–H and O–H groups in total. The number of thiophene rings is 1. The maximum Gasteiger partial charge on any atom is 0.165 e. The van der Waals surface area contributed by atoms with Crippen molar-refractivity contribution in [3.8, 4) is 11.5 Å². The highest BCUT2D eigenvalue weighted by atomic mass is 35.5. The number of methoxy groups -OCH3 is 2. The quantitative estimate of drug-likeness (QED) is 0.760. The van der Waals surface area contributed by atoms with Crippen LogP contribution in [0.15, 0.2) is 18.2 Å². The zero-order valence-corrected chi connectivity index (χ0v) is 15.7. The van der Waals surface area contributed by atoms with Crippen molar-refractivity contribution in [1.82, 2.24) is 4.90 Å². The lowest BCUT2D eigenvalue weighted by atomic mass is 9.86. The first-order valence-electron chi connectivity index (χ1n) is 8.39. The molecule has 2 aromatic rings. The first kappa shape index (κ1) is 16.2. The van der Waals surface area contributed by atoms with Crippen molar-refractivity contribution >= 4 is 22.9 Å². The van der Waals surface area contributed by atoms with Crippen LogP contribution in [0.5, 0.6) is 11.5 Å². The van der Waals surface area contributed by atoms with E-state index in [0.717, 1.165) is 43.9 Å². The van der Waals surface area contributed by atoms with Gasteiger partial charge in [0.1, 0.15) is 0 Å². The molecule has 1 aromatic heterocycles. The van der Waals surface area contributed by atoms with Gasteiger partial charge in [-0.05, 0) is 42.5 Å². The summed E-state index contributed by atoms with van der Waals surface area (Å²) < 4.78 is 11.1. The fraction of sp³-hybridized carbons (Fsp3) is 0.474. The van der Waals surface area contributed by atoms with Crippen molar-refractivity contribution in [2.75, 3.05) is 26.6 Å². The fourth-order valence-electron chi connectivity index (χ4n) is 4.03. The first-order chi connectivity index (χ1) is 11.7. The Kier molecular flexibility index (Phi) is 4.46. The Morgan fingerprint density at radius 2 is 2.17 bits per heavy atom. The Balaban J connectivity index is 1.71. The molecule has 4 rings (SSSR count). The third-order valence-corrected chi connectivity index (χ3v) is 6.64. The van der Waals surface area contributed by atoms with E-state index < -0.39 is 0 Å². The molecule has 0 saturated heterocycles. The van der Waals surface area contributed by atoms with Crippen LogP contribution in [0.3, 0.4) is 0 Å². The van der Waals surface area contributed by atoms with Crippen LogP contribution >= 0.6 is 22.9 Å². The molecule has 1 aromatic carbocycles. The molecule has 24 heavy (non-hydrogen) atoms. The van der Waals surface area contributed by atoms with Gasteiger partial charge >= 0.3 is 0 Å². The standard InChI is InChI=1S/C19H22ClNO2S/c1-22-17-4-3-12-9-16-14-10-13(5-7-20)24-18(14)6-8-21(16)11-15(12)19(17)23-2/h3-4,10,16H,5-9,11H2,1-2H3. The Labute approximate surface area is 152 Å². The average Bonchev–Trinajstić information content (AvgIpc) is 3.02. The maximum absolute atomic E-state index is 5.94. The predicted molar refractivity (Wildman–Crippen MR) is 98.8 cm³/mol. The molecular formula is C19H22ClNO2S. The minimum atomic E-state index is 0.486. The molecule has 3 nitrogen and oxygen atoms in total. The van der Waals surface area contributed by atoms with Crippen molar-refractivity contribution in [2.45, 2.75) is 31.8 Å². The van der Waals surface area contributed by atoms with Gasteiger partial charge in [0.05, 0.1) is 14.2 Å². The number of hydrogen-bond acceptors (Lipinski definition) is 4. The molecule has 0 saturated carbocycles. The van der Waals surface area contributed by atoms with E-state index in [9.17, 15) is 0 Å². The minimum absolute atomic E-state index is 0.486. The van der Waals surface area contributed by atoms with E-state index in [1.807, 2.05) is 17.4 Å². The zero-order chi connectivity index (χ0) is 16.7. The number of alkyl halides is 1. The molecule has 0 aliphatic carbocycles. The average molecular weight is 364 g/mol. The van der Waals surface area contributed by atoms with Gasteiger partial charge < -0.3 is 9.47 Å². The summed E-state index contributed by atoms with van der Waals surface area (Å²) in [5.74, 6) is 2.42. The van der Waals surface area contributed by atoms with Crippen LogP contribution in [-0.2, 0) is 25.8 Å². The van der Waals surface area contributed by atoms with E-state index in [1.165, 1.54) is 21.6 Å². The van der Waals surface area contributed by atoms with Gasteiger partial charge in [0.25, 0.3) is 0 Å². The van der Waals surface area contributed by atoms with Crippen molar-refractivity contribution in [1.29, 1.82) is 0 Å². The van der Waals surface area contributed by atoms with Crippen molar-refractivity contribution in [2.24, 2.45) is 0 Å². The van der Waals surface area contributed by atoms with E-state index >= 15 is 0 Å². The van der Waals surface area contributed by atoms with E-state index in [1.54, 1.807) is 19.1 Å². The van der Waals surface area contributed by atoms with Crippen molar-refractivity contribution in [3.05, 3.63) is 44.6 Å². The summed E-state index contributed by atoms with van der Waals surface area (Å²) in [5, 5.41) is 0. The maximum atomic E-state index is 5.94. The second-order valence-corrected chi connectivity index (χ2v) is 8.01. The topological polar surface area (TPSA) is 21.7 Å². The molecule has 0 amide bonds. The molecular weight excluding hydrogens is 342 g/mol. The smallest absolute Gasteiger partial charge is 0.165 e. The van der Waals surface area contributed by atoms with Gasteiger partial charge in [-0.25, -0.2) is 0 Å². The van der Waals surface area contributed by atoms with E-state index in [4.69, 9.17) is 21.1 Å². The van der Waals surface area contributed by atoms with Gasteiger partial charge in [-0.3, -0.25) is 4.90 Å². The highest BCUT2D eigenvalue weighted by Crippen LogP contribution is 2.45. The van der Waals surface area contributed by atoms with E-state index in [-0.39, 0.29) is 0 Å². The highest BCUT2D eigenvalue weighted by Gasteiger charge is 2.35. The van der Waals surface area contributed by atoms with Gasteiger partial charge in [0.15, 0.2) is 11.5 Å². The predicted octanol–water partition coefficient (Wildman–Crippen LogP) is 4.20. The fourth-order valence-corrected chi connectivity index (χ4v) is 5.56. The third kappa shape index (κ3) is 2.61. The normalized spacial score (nSPS) is 19.4. The van der Waals surface area contributed by atoms with E-state index in [0.29, 0.717) is 11.9 Å². The Hall–Kier alpha value is -1.23. The van der Waals surface area contributed by atoms with Crippen LogP contribution in [0.1, 0.15) is 32.5 Å². The number of fused-ring (bicyclic) bond motifs is 4. The summed E-state index contributed by atoms with van der Waals surface area (Å²) >= 11 is 7.89. The summed E-state index contributed by atoms with van der Waals surface area (Å²) in [6.07, 6.45) is 3.16. The van der Waals surface area contributed by atoms with Crippen LogP contribution in [0.25, 0.3) is 0 Å². The number of nitrogens with zero attached hydrogens (tertiary/aromatic N) is 1. The SMILES string of the molecule is COc1ccc2c(c1OC)CN1CCc3sc(CCCl)cc3C1C2. The summed E-state index contributed by atoms with van der Waals surface area (Å²) in [4.78, 5) is 5.57. The second kappa shape index (κ2) is 6.58. The van der Waals surface area contributed by atoms with Crippen LogP contribution in [0, 0.1) is 0 Å². The van der Waals surface area contributed by atoms with Crippen LogP contribution in [-0.4, -0.2) is 31.5 Å². The lowest BCUT2D eigenvalue weighted by Crippen LogP contribution is -2.38. The molecule has 0 radical (unpaired) electrons. The van der Waals surface area contributed by atoms with Crippen molar-refractivity contribution < 1.29 is 9.47 Å². The second-order valence-electron chi connectivity index (χ2n) is 6.41. The number of aryl methyl sites for hydroxylation is 1. The molecule has 0 fully saturated rings. The number of halogens is 1. The lowest BCUT2D eigenvalue weighted by molar-refractivity contribution is 0.159. The van der Waals surface area contributed by atoms with Gasteiger partial charge in [-0.1, -0.05) is 6.07 Å². The number of rotatable bonds is 4. The minimum Gasteiger partial charge on any atom is -0.493 e. The Bertz CT molecular complexity index is 758. The molecule has 2 aliphatic rings. The molecule has 1 unspecified atom stereocenters. The van der Waals surface area contributed by atoms with Crippen LogP contribution in [0.4, 0.5) is 0 Å². The number of ether oxygens (including phenoxy) is 2. The zero-order valence-electron chi connectivity index (χ0n) is 14.1.